The molecule has 2 atom stereocenters. The van der Waals surface area contributed by atoms with Crippen LogP contribution in [0.1, 0.15) is 36.9 Å². The zero-order chi connectivity index (χ0) is 16.6. The lowest BCUT2D eigenvalue weighted by atomic mass is 9.67. The lowest BCUT2D eigenvalue weighted by Gasteiger charge is -2.37. The third kappa shape index (κ3) is 3.18. The van der Waals surface area contributed by atoms with Crippen molar-refractivity contribution in [1.82, 2.24) is 15.6 Å². The minimum absolute atomic E-state index is 0. The summed E-state index contributed by atoms with van der Waals surface area (Å²) in [7, 11) is 0. The molecule has 3 N–H and O–H groups in total. The highest BCUT2D eigenvalue weighted by Gasteiger charge is 2.49. The number of aromatic nitrogens is 1. The van der Waals surface area contributed by atoms with Crippen LogP contribution in [0.4, 0.5) is 0 Å². The topological polar surface area (TPSA) is 56.9 Å². The summed E-state index contributed by atoms with van der Waals surface area (Å²) >= 11 is 0. The molecule has 4 nitrogen and oxygen atoms in total. The highest BCUT2D eigenvalue weighted by molar-refractivity contribution is 5.86. The third-order valence-corrected chi connectivity index (χ3v) is 6.18. The molecule has 1 saturated carbocycles. The van der Waals surface area contributed by atoms with E-state index >= 15 is 0 Å². The lowest BCUT2D eigenvalue weighted by Crippen LogP contribution is -2.48. The monoisotopic (exact) mass is 361 g/mol. The second-order valence-corrected chi connectivity index (χ2v) is 7.51. The van der Waals surface area contributed by atoms with E-state index in [1.54, 1.807) is 0 Å². The molecule has 0 unspecified atom stereocenters. The van der Waals surface area contributed by atoms with Crippen LogP contribution in [0.2, 0.25) is 0 Å². The first-order valence-electron chi connectivity index (χ1n) is 9.26. The minimum atomic E-state index is -0.145. The van der Waals surface area contributed by atoms with Gasteiger partial charge in [0.15, 0.2) is 0 Å². The molecule has 0 radical (unpaired) electrons. The first-order chi connectivity index (χ1) is 11.7. The summed E-state index contributed by atoms with van der Waals surface area (Å²) in [6, 6.07) is 8.40. The van der Waals surface area contributed by atoms with Crippen molar-refractivity contribution in [2.75, 3.05) is 19.6 Å². The van der Waals surface area contributed by atoms with Crippen molar-refractivity contribution in [3.8, 4) is 0 Å². The van der Waals surface area contributed by atoms with Crippen molar-refractivity contribution in [3.63, 3.8) is 0 Å². The fourth-order valence-corrected chi connectivity index (χ4v) is 4.82. The van der Waals surface area contributed by atoms with Crippen molar-refractivity contribution < 1.29 is 4.79 Å². The number of benzene rings is 1. The van der Waals surface area contributed by atoms with Gasteiger partial charge in [0.2, 0.25) is 5.91 Å². The number of hydrogen-bond donors (Lipinski definition) is 3. The van der Waals surface area contributed by atoms with E-state index in [1.165, 1.54) is 41.4 Å². The normalized spacial score (nSPS) is 25.4. The van der Waals surface area contributed by atoms with E-state index in [9.17, 15) is 4.79 Å². The molecule has 2 heterocycles. The van der Waals surface area contributed by atoms with Crippen LogP contribution in [0.3, 0.4) is 0 Å². The van der Waals surface area contributed by atoms with Gasteiger partial charge in [0, 0.05) is 29.7 Å². The zero-order valence-electron chi connectivity index (χ0n) is 14.9. The maximum Gasteiger partial charge on any atom is 0.227 e. The molecule has 1 saturated heterocycles. The number of H-pyrrole nitrogens is 1. The van der Waals surface area contributed by atoms with E-state index in [0.717, 1.165) is 32.5 Å². The van der Waals surface area contributed by atoms with E-state index in [-0.39, 0.29) is 23.7 Å². The van der Waals surface area contributed by atoms with Crippen LogP contribution in [0.5, 0.6) is 0 Å². The molecule has 2 fully saturated rings. The summed E-state index contributed by atoms with van der Waals surface area (Å²) in [6.45, 7) is 4.70. The van der Waals surface area contributed by atoms with Gasteiger partial charge in [0.25, 0.3) is 0 Å². The van der Waals surface area contributed by atoms with Crippen LogP contribution < -0.4 is 10.6 Å². The number of carbonyl (C=O) groups excluding carboxylic acids is 1. The van der Waals surface area contributed by atoms with Crippen LogP contribution in [-0.2, 0) is 11.2 Å². The van der Waals surface area contributed by atoms with Gasteiger partial charge in [-0.3, -0.25) is 4.79 Å². The summed E-state index contributed by atoms with van der Waals surface area (Å²) in [5.41, 5.74) is 3.57. The van der Waals surface area contributed by atoms with E-state index in [0.29, 0.717) is 5.92 Å². The fraction of sp³-hybridized carbons (Fsp3) is 0.550. The van der Waals surface area contributed by atoms with Crippen LogP contribution >= 0.6 is 12.4 Å². The number of aryl methyl sites for hydroxylation is 1. The standard InChI is InChI=1S/C20H27N3O.ClH/c1-14-16(17-7-2-3-8-18(17)23-14)9-11-22-19(24)20-10-5-4-6-15(20)12-21-13-20;/h2-3,7-8,15,21,23H,4-6,9-13H2,1H3,(H,22,24);1H/t15-,20+;/m0./s1. The first kappa shape index (κ1) is 18.3. The van der Waals surface area contributed by atoms with Gasteiger partial charge < -0.3 is 15.6 Å². The van der Waals surface area contributed by atoms with Gasteiger partial charge in [0.1, 0.15) is 0 Å². The Hall–Kier alpha value is -1.52. The molecule has 1 aromatic heterocycles. The van der Waals surface area contributed by atoms with Crippen molar-refractivity contribution in [1.29, 1.82) is 0 Å². The van der Waals surface area contributed by atoms with E-state index in [4.69, 9.17) is 0 Å². The number of carbonyl (C=O) groups is 1. The Kier molecular flexibility index (Phi) is 5.40. The third-order valence-electron chi connectivity index (χ3n) is 6.18. The Morgan fingerprint density at radius 3 is 3.04 bits per heavy atom. The van der Waals surface area contributed by atoms with Crippen molar-refractivity contribution >= 4 is 29.2 Å². The van der Waals surface area contributed by atoms with Gasteiger partial charge in [-0.25, -0.2) is 0 Å². The van der Waals surface area contributed by atoms with Crippen molar-refractivity contribution in [2.45, 2.75) is 39.0 Å². The maximum absolute atomic E-state index is 12.9. The van der Waals surface area contributed by atoms with Gasteiger partial charge in [-0.15, -0.1) is 12.4 Å². The highest BCUT2D eigenvalue weighted by Crippen LogP contribution is 2.43. The molecule has 1 aromatic carbocycles. The number of halogens is 1. The molecule has 5 heteroatoms. The van der Waals surface area contributed by atoms with Gasteiger partial charge in [0.05, 0.1) is 5.41 Å². The molecule has 0 bridgehead atoms. The number of fused-ring (bicyclic) bond motifs is 2. The fourth-order valence-electron chi connectivity index (χ4n) is 4.82. The first-order valence-corrected chi connectivity index (χ1v) is 9.26. The second-order valence-electron chi connectivity index (χ2n) is 7.51. The van der Waals surface area contributed by atoms with E-state index in [1.807, 2.05) is 0 Å². The molecule has 2 aromatic rings. The molecule has 0 spiro atoms. The Morgan fingerprint density at radius 2 is 2.16 bits per heavy atom. The highest BCUT2D eigenvalue weighted by atomic mass is 35.5. The largest absolute Gasteiger partial charge is 0.358 e. The Labute approximate surface area is 155 Å². The number of nitrogens with one attached hydrogen (secondary N) is 3. The molecule has 25 heavy (non-hydrogen) atoms. The second kappa shape index (κ2) is 7.38. The summed E-state index contributed by atoms with van der Waals surface area (Å²) in [4.78, 5) is 16.4. The van der Waals surface area contributed by atoms with E-state index in [2.05, 4.69) is 46.8 Å². The van der Waals surface area contributed by atoms with Crippen molar-refractivity contribution in [2.24, 2.45) is 11.3 Å². The molecule has 4 rings (SSSR count). The molecule has 136 valence electrons. The Morgan fingerprint density at radius 1 is 1.32 bits per heavy atom. The summed E-state index contributed by atoms with van der Waals surface area (Å²) in [6.07, 6.45) is 5.59. The van der Waals surface area contributed by atoms with Crippen molar-refractivity contribution in [3.05, 3.63) is 35.5 Å². The molecule has 1 aliphatic carbocycles. The average molecular weight is 362 g/mol. The Bertz CT molecular complexity index is 756. The molecule has 2 aliphatic rings. The van der Waals surface area contributed by atoms with Crippen LogP contribution in [0.15, 0.2) is 24.3 Å². The quantitative estimate of drug-likeness (QED) is 0.782. The van der Waals surface area contributed by atoms with Gasteiger partial charge >= 0.3 is 0 Å². The number of para-hydroxylation sites is 1. The SMILES string of the molecule is Cc1[nH]c2ccccc2c1CCNC(=O)[C@@]12CCCC[C@H]1CNC2.Cl. The predicted molar refractivity (Wildman–Crippen MR) is 104 cm³/mol. The Balaban J connectivity index is 0.00000182. The maximum atomic E-state index is 12.9. The number of hydrogen-bond acceptors (Lipinski definition) is 2. The molecule has 1 amide bonds. The van der Waals surface area contributed by atoms with Crippen LogP contribution in [0.25, 0.3) is 10.9 Å². The van der Waals surface area contributed by atoms with Gasteiger partial charge in [-0.05, 0) is 50.3 Å². The molecular formula is C20H28ClN3O. The van der Waals surface area contributed by atoms with Gasteiger partial charge in [-0.2, -0.15) is 0 Å². The zero-order valence-corrected chi connectivity index (χ0v) is 15.7. The minimum Gasteiger partial charge on any atom is -0.358 e. The van der Waals surface area contributed by atoms with E-state index < -0.39 is 0 Å². The summed E-state index contributed by atoms with van der Waals surface area (Å²) in [5.74, 6) is 0.802. The lowest BCUT2D eigenvalue weighted by molar-refractivity contribution is -0.133. The number of amides is 1. The number of aromatic amines is 1. The summed E-state index contributed by atoms with van der Waals surface area (Å²) in [5, 5.41) is 7.99. The van der Waals surface area contributed by atoms with Crippen LogP contribution in [0, 0.1) is 18.3 Å². The van der Waals surface area contributed by atoms with Gasteiger partial charge in [-0.1, -0.05) is 31.0 Å². The predicted octanol–water partition coefficient (Wildman–Crippen LogP) is 3.34. The molecule has 1 aliphatic heterocycles. The number of rotatable bonds is 4. The molecular weight excluding hydrogens is 334 g/mol. The van der Waals surface area contributed by atoms with Crippen LogP contribution in [-0.4, -0.2) is 30.5 Å². The average Bonchev–Trinajstić information content (AvgIpc) is 3.17. The smallest absolute Gasteiger partial charge is 0.227 e. The summed E-state index contributed by atoms with van der Waals surface area (Å²) < 4.78 is 0.